The average Bonchev–Trinajstić information content (AvgIpc) is 2.80. The molecule has 1 aliphatic carbocycles. The van der Waals surface area contributed by atoms with E-state index in [0.717, 1.165) is 25.8 Å². The van der Waals surface area contributed by atoms with Crippen LogP contribution in [0.1, 0.15) is 31.2 Å². The molecule has 0 unspecified atom stereocenters. The van der Waals surface area contributed by atoms with Gasteiger partial charge in [-0.05, 0) is 24.8 Å². The van der Waals surface area contributed by atoms with Gasteiger partial charge in [0.05, 0.1) is 6.07 Å². The van der Waals surface area contributed by atoms with E-state index in [1.807, 2.05) is 6.07 Å². The molecule has 2 heteroatoms. The highest BCUT2D eigenvalue weighted by molar-refractivity contribution is 5.16. The molecule has 0 amide bonds. The Morgan fingerprint density at radius 2 is 1.88 bits per heavy atom. The maximum Gasteiger partial charge on any atom is 0.106 e. The predicted octanol–water partition coefficient (Wildman–Crippen LogP) is 2.66. The van der Waals surface area contributed by atoms with E-state index in [0.29, 0.717) is 0 Å². The van der Waals surface area contributed by atoms with Crippen LogP contribution in [0.5, 0.6) is 0 Å². The molecule has 0 aliphatic heterocycles. The Morgan fingerprint density at radius 1 is 1.19 bits per heavy atom. The zero-order chi connectivity index (χ0) is 11.3. The molecule has 2 nitrogen and oxygen atoms in total. The standard InChI is InChI=1S/C14H18N2/c15-12-14(9-4-5-10-14)16-11-8-13-6-2-1-3-7-13/h1-3,6-7,16H,4-5,8-11H2. The molecule has 0 spiro atoms. The van der Waals surface area contributed by atoms with Gasteiger partial charge in [0.25, 0.3) is 0 Å². The monoisotopic (exact) mass is 214 g/mol. The van der Waals surface area contributed by atoms with Gasteiger partial charge in [0.1, 0.15) is 5.54 Å². The van der Waals surface area contributed by atoms with Crippen molar-refractivity contribution < 1.29 is 0 Å². The minimum Gasteiger partial charge on any atom is -0.299 e. The minimum absolute atomic E-state index is 0.227. The number of hydrogen-bond donors (Lipinski definition) is 1. The van der Waals surface area contributed by atoms with Crippen molar-refractivity contribution in [3.8, 4) is 6.07 Å². The summed E-state index contributed by atoms with van der Waals surface area (Å²) in [6.45, 7) is 0.900. The van der Waals surface area contributed by atoms with Crippen LogP contribution in [0.2, 0.25) is 0 Å². The molecular formula is C14H18N2. The van der Waals surface area contributed by atoms with Crippen LogP contribution >= 0.6 is 0 Å². The Balaban J connectivity index is 1.82. The Labute approximate surface area is 97.3 Å². The number of benzene rings is 1. The first-order valence-corrected chi connectivity index (χ1v) is 6.05. The summed E-state index contributed by atoms with van der Waals surface area (Å²) < 4.78 is 0. The SMILES string of the molecule is N#CC1(NCCc2ccccc2)CCCC1. The van der Waals surface area contributed by atoms with Crippen LogP contribution in [0.4, 0.5) is 0 Å². The highest BCUT2D eigenvalue weighted by Crippen LogP contribution is 2.28. The lowest BCUT2D eigenvalue weighted by molar-refractivity contribution is 0.426. The van der Waals surface area contributed by atoms with E-state index >= 15 is 0 Å². The van der Waals surface area contributed by atoms with Gasteiger partial charge < -0.3 is 0 Å². The van der Waals surface area contributed by atoms with Crippen LogP contribution in [0, 0.1) is 11.3 Å². The summed E-state index contributed by atoms with van der Waals surface area (Å²) >= 11 is 0. The molecule has 2 rings (SSSR count). The van der Waals surface area contributed by atoms with Crippen LogP contribution in [0.3, 0.4) is 0 Å². The molecule has 1 saturated carbocycles. The van der Waals surface area contributed by atoms with Crippen LogP contribution in [0.25, 0.3) is 0 Å². The third-order valence-corrected chi connectivity index (χ3v) is 3.39. The van der Waals surface area contributed by atoms with E-state index in [1.54, 1.807) is 0 Å². The quantitative estimate of drug-likeness (QED) is 0.836. The zero-order valence-electron chi connectivity index (χ0n) is 9.58. The summed E-state index contributed by atoms with van der Waals surface area (Å²) in [4.78, 5) is 0. The first-order valence-electron chi connectivity index (χ1n) is 6.05. The fourth-order valence-electron chi connectivity index (χ4n) is 2.40. The fraction of sp³-hybridized carbons (Fsp3) is 0.500. The van der Waals surface area contributed by atoms with Crippen molar-refractivity contribution in [2.24, 2.45) is 0 Å². The highest BCUT2D eigenvalue weighted by Gasteiger charge is 2.32. The molecule has 0 aromatic heterocycles. The molecule has 0 saturated heterocycles. The molecule has 1 aliphatic rings. The van der Waals surface area contributed by atoms with Gasteiger partial charge in [-0.25, -0.2) is 0 Å². The molecular weight excluding hydrogens is 196 g/mol. The molecule has 84 valence electrons. The Kier molecular flexibility index (Phi) is 3.58. The third-order valence-electron chi connectivity index (χ3n) is 3.39. The summed E-state index contributed by atoms with van der Waals surface area (Å²) in [5.41, 5.74) is 1.11. The molecule has 0 bridgehead atoms. The van der Waals surface area contributed by atoms with E-state index in [4.69, 9.17) is 0 Å². The van der Waals surface area contributed by atoms with E-state index < -0.39 is 0 Å². The van der Waals surface area contributed by atoms with Gasteiger partial charge in [0.2, 0.25) is 0 Å². The summed E-state index contributed by atoms with van der Waals surface area (Å²) in [7, 11) is 0. The van der Waals surface area contributed by atoms with Crippen molar-refractivity contribution in [2.75, 3.05) is 6.54 Å². The summed E-state index contributed by atoms with van der Waals surface area (Å²) in [5.74, 6) is 0. The maximum atomic E-state index is 9.20. The van der Waals surface area contributed by atoms with Crippen molar-refractivity contribution >= 4 is 0 Å². The first kappa shape index (κ1) is 11.2. The van der Waals surface area contributed by atoms with Crippen molar-refractivity contribution in [3.05, 3.63) is 35.9 Å². The molecule has 0 radical (unpaired) electrons. The van der Waals surface area contributed by atoms with Gasteiger partial charge in [-0.1, -0.05) is 43.2 Å². The number of nitrogens with zero attached hydrogens (tertiary/aromatic N) is 1. The largest absolute Gasteiger partial charge is 0.299 e. The van der Waals surface area contributed by atoms with Gasteiger partial charge in [-0.2, -0.15) is 5.26 Å². The maximum absolute atomic E-state index is 9.20. The smallest absolute Gasteiger partial charge is 0.106 e. The van der Waals surface area contributed by atoms with E-state index in [2.05, 4.69) is 35.7 Å². The average molecular weight is 214 g/mol. The van der Waals surface area contributed by atoms with E-state index in [-0.39, 0.29) is 5.54 Å². The lowest BCUT2D eigenvalue weighted by Crippen LogP contribution is -2.42. The van der Waals surface area contributed by atoms with Crippen molar-refractivity contribution in [1.29, 1.82) is 5.26 Å². The molecule has 1 N–H and O–H groups in total. The summed E-state index contributed by atoms with van der Waals surface area (Å²) in [5, 5.41) is 12.6. The second-order valence-electron chi connectivity index (χ2n) is 4.56. The molecule has 0 heterocycles. The molecule has 1 aromatic carbocycles. The second kappa shape index (κ2) is 5.14. The van der Waals surface area contributed by atoms with Gasteiger partial charge in [0, 0.05) is 6.54 Å². The number of rotatable bonds is 4. The number of hydrogen-bond acceptors (Lipinski definition) is 2. The van der Waals surface area contributed by atoms with Gasteiger partial charge in [-0.3, -0.25) is 5.32 Å². The fourth-order valence-corrected chi connectivity index (χ4v) is 2.40. The Morgan fingerprint density at radius 3 is 2.50 bits per heavy atom. The Hall–Kier alpha value is -1.33. The van der Waals surface area contributed by atoms with Crippen molar-refractivity contribution in [3.63, 3.8) is 0 Å². The van der Waals surface area contributed by atoms with E-state index in [9.17, 15) is 5.26 Å². The second-order valence-corrected chi connectivity index (χ2v) is 4.56. The number of nitriles is 1. The molecule has 0 atom stereocenters. The summed E-state index contributed by atoms with van der Waals surface area (Å²) in [6.07, 6.45) is 5.40. The zero-order valence-corrected chi connectivity index (χ0v) is 9.58. The normalized spacial score (nSPS) is 18.2. The van der Waals surface area contributed by atoms with Crippen molar-refractivity contribution in [1.82, 2.24) is 5.32 Å². The van der Waals surface area contributed by atoms with Gasteiger partial charge >= 0.3 is 0 Å². The van der Waals surface area contributed by atoms with E-state index in [1.165, 1.54) is 18.4 Å². The van der Waals surface area contributed by atoms with Gasteiger partial charge in [-0.15, -0.1) is 0 Å². The van der Waals surface area contributed by atoms with Gasteiger partial charge in [0.15, 0.2) is 0 Å². The third kappa shape index (κ3) is 2.62. The Bertz CT molecular complexity index is 358. The van der Waals surface area contributed by atoms with Crippen molar-refractivity contribution in [2.45, 2.75) is 37.6 Å². The van der Waals surface area contributed by atoms with Crippen LogP contribution in [0.15, 0.2) is 30.3 Å². The highest BCUT2D eigenvalue weighted by atomic mass is 15.0. The van der Waals surface area contributed by atoms with Crippen LogP contribution in [-0.2, 0) is 6.42 Å². The van der Waals surface area contributed by atoms with Crippen LogP contribution < -0.4 is 5.32 Å². The lowest BCUT2D eigenvalue weighted by Gasteiger charge is -2.21. The number of nitrogens with one attached hydrogen (secondary N) is 1. The minimum atomic E-state index is -0.227. The predicted molar refractivity (Wildman–Crippen MR) is 65.0 cm³/mol. The van der Waals surface area contributed by atoms with Crippen LogP contribution in [-0.4, -0.2) is 12.1 Å². The summed E-state index contributed by atoms with van der Waals surface area (Å²) in [6, 6.07) is 12.9. The topological polar surface area (TPSA) is 35.8 Å². The first-order chi connectivity index (χ1) is 7.85. The molecule has 1 aromatic rings. The lowest BCUT2D eigenvalue weighted by atomic mass is 9.99. The molecule has 16 heavy (non-hydrogen) atoms. The molecule has 1 fully saturated rings.